The first-order valence-corrected chi connectivity index (χ1v) is 7.24. The molecule has 0 amide bonds. The molecule has 0 aliphatic rings. The second-order valence-corrected chi connectivity index (χ2v) is 5.68. The van der Waals surface area contributed by atoms with Gasteiger partial charge in [-0.2, -0.15) is 0 Å². The predicted molar refractivity (Wildman–Crippen MR) is 86.1 cm³/mol. The van der Waals surface area contributed by atoms with E-state index in [1.807, 2.05) is 37.3 Å². The number of aldehydes is 1. The minimum absolute atomic E-state index is 0.511. The summed E-state index contributed by atoms with van der Waals surface area (Å²) < 4.78 is 6.86. The van der Waals surface area contributed by atoms with E-state index in [2.05, 4.69) is 27.0 Å². The number of rotatable bonds is 3. The highest BCUT2D eigenvalue weighted by molar-refractivity contribution is 9.10. The highest BCUT2D eigenvalue weighted by Gasteiger charge is 2.05. The topological polar surface area (TPSA) is 39.2 Å². The molecule has 0 fully saturated rings. The molecule has 0 aliphatic carbocycles. The van der Waals surface area contributed by atoms with E-state index < -0.39 is 0 Å². The zero-order valence-corrected chi connectivity index (χ0v) is 12.9. The molecule has 3 nitrogen and oxygen atoms in total. The van der Waals surface area contributed by atoms with Crippen molar-refractivity contribution in [3.05, 3.63) is 64.3 Å². The number of ether oxygens (including phenoxy) is 1. The molecule has 104 valence electrons. The average Bonchev–Trinajstić information content (AvgIpc) is 2.49. The Bertz CT molecular complexity index is 830. The van der Waals surface area contributed by atoms with Gasteiger partial charge in [0.25, 0.3) is 0 Å². The molecule has 0 saturated carbocycles. The zero-order valence-electron chi connectivity index (χ0n) is 11.3. The largest absolute Gasteiger partial charge is 0.439 e. The first-order valence-electron chi connectivity index (χ1n) is 6.45. The number of hydrogen-bond donors (Lipinski definition) is 0. The van der Waals surface area contributed by atoms with Crippen LogP contribution in [0.15, 0.2) is 53.1 Å². The summed E-state index contributed by atoms with van der Waals surface area (Å²) in [6.07, 6.45) is 2.28. The number of aromatic nitrogens is 1. The van der Waals surface area contributed by atoms with E-state index in [4.69, 9.17) is 4.74 Å². The molecule has 0 aliphatic heterocycles. The van der Waals surface area contributed by atoms with E-state index in [1.165, 1.54) is 6.20 Å². The summed E-state index contributed by atoms with van der Waals surface area (Å²) in [6.45, 7) is 1.87. The van der Waals surface area contributed by atoms with Crippen molar-refractivity contribution in [3.63, 3.8) is 0 Å². The van der Waals surface area contributed by atoms with Gasteiger partial charge in [0, 0.05) is 21.8 Å². The zero-order chi connectivity index (χ0) is 14.8. The maximum atomic E-state index is 10.7. The molecule has 1 heterocycles. The summed E-state index contributed by atoms with van der Waals surface area (Å²) in [5.41, 5.74) is 1.37. The molecular formula is C17H12BrNO2. The van der Waals surface area contributed by atoms with Gasteiger partial charge in [0.2, 0.25) is 5.88 Å². The van der Waals surface area contributed by atoms with Crippen molar-refractivity contribution >= 4 is 33.0 Å². The number of pyridine rings is 1. The third-order valence-corrected chi connectivity index (χ3v) is 3.67. The number of fused-ring (bicyclic) bond motifs is 1. The minimum atomic E-state index is 0.511. The Morgan fingerprint density at radius 2 is 1.86 bits per heavy atom. The van der Waals surface area contributed by atoms with Crippen LogP contribution in [0.5, 0.6) is 11.6 Å². The molecule has 0 bridgehead atoms. The van der Waals surface area contributed by atoms with Crippen LogP contribution in [0.2, 0.25) is 0 Å². The van der Waals surface area contributed by atoms with Crippen LogP contribution in [0.4, 0.5) is 0 Å². The predicted octanol–water partition coefficient (Wildman–Crippen LogP) is 4.91. The Kier molecular flexibility index (Phi) is 3.71. The van der Waals surface area contributed by atoms with Crippen LogP contribution in [0.1, 0.15) is 15.9 Å². The van der Waals surface area contributed by atoms with Gasteiger partial charge < -0.3 is 4.74 Å². The summed E-state index contributed by atoms with van der Waals surface area (Å²) in [7, 11) is 0. The summed E-state index contributed by atoms with van der Waals surface area (Å²) in [6, 6.07) is 13.7. The van der Waals surface area contributed by atoms with Gasteiger partial charge >= 0.3 is 0 Å². The fourth-order valence-electron chi connectivity index (χ4n) is 2.13. The van der Waals surface area contributed by atoms with Gasteiger partial charge in [0.15, 0.2) is 6.29 Å². The van der Waals surface area contributed by atoms with Crippen LogP contribution >= 0.6 is 15.9 Å². The van der Waals surface area contributed by atoms with Gasteiger partial charge in [-0.15, -0.1) is 0 Å². The normalized spacial score (nSPS) is 10.6. The fourth-order valence-corrected chi connectivity index (χ4v) is 2.50. The maximum Gasteiger partial charge on any atom is 0.222 e. The van der Waals surface area contributed by atoms with Crippen molar-refractivity contribution in [2.75, 3.05) is 0 Å². The molecule has 0 saturated heterocycles. The number of carbonyl (C=O) groups is 1. The van der Waals surface area contributed by atoms with E-state index in [1.54, 1.807) is 6.07 Å². The van der Waals surface area contributed by atoms with Crippen molar-refractivity contribution in [2.24, 2.45) is 0 Å². The van der Waals surface area contributed by atoms with Crippen LogP contribution in [-0.4, -0.2) is 11.3 Å². The molecule has 4 heteroatoms. The van der Waals surface area contributed by atoms with Crippen LogP contribution in [-0.2, 0) is 0 Å². The lowest BCUT2D eigenvalue weighted by molar-refractivity contribution is 0.112. The SMILES string of the molecule is Cc1cc(C=O)cnc1Oc1ccc2cc(Br)ccc2c1. The Labute approximate surface area is 130 Å². The minimum Gasteiger partial charge on any atom is -0.439 e. The number of aryl methyl sites for hydroxylation is 1. The third-order valence-electron chi connectivity index (χ3n) is 3.18. The van der Waals surface area contributed by atoms with E-state index in [0.717, 1.165) is 32.8 Å². The van der Waals surface area contributed by atoms with E-state index in [0.29, 0.717) is 11.4 Å². The molecule has 0 radical (unpaired) electrons. The summed E-state index contributed by atoms with van der Waals surface area (Å²) >= 11 is 3.46. The Morgan fingerprint density at radius 1 is 1.10 bits per heavy atom. The van der Waals surface area contributed by atoms with Crippen molar-refractivity contribution in [1.29, 1.82) is 0 Å². The second-order valence-electron chi connectivity index (χ2n) is 4.76. The number of carbonyl (C=O) groups excluding carboxylic acids is 1. The maximum absolute atomic E-state index is 10.7. The molecule has 2 aromatic carbocycles. The van der Waals surface area contributed by atoms with Gasteiger partial charge in [0.05, 0.1) is 0 Å². The van der Waals surface area contributed by atoms with Gasteiger partial charge in [-0.3, -0.25) is 4.79 Å². The second kappa shape index (κ2) is 5.66. The van der Waals surface area contributed by atoms with Crippen molar-refractivity contribution in [1.82, 2.24) is 4.98 Å². The van der Waals surface area contributed by atoms with Gasteiger partial charge in [-0.05, 0) is 48.0 Å². The summed E-state index contributed by atoms with van der Waals surface area (Å²) in [5.74, 6) is 1.23. The molecule has 0 spiro atoms. The van der Waals surface area contributed by atoms with Crippen LogP contribution < -0.4 is 4.74 Å². The molecule has 21 heavy (non-hydrogen) atoms. The smallest absolute Gasteiger partial charge is 0.222 e. The highest BCUT2D eigenvalue weighted by Crippen LogP contribution is 2.28. The first kappa shape index (κ1) is 13.8. The van der Waals surface area contributed by atoms with Gasteiger partial charge in [-0.25, -0.2) is 4.98 Å². The third kappa shape index (κ3) is 2.95. The quantitative estimate of drug-likeness (QED) is 0.635. The van der Waals surface area contributed by atoms with Crippen molar-refractivity contribution in [2.45, 2.75) is 6.92 Å². The number of hydrogen-bond acceptors (Lipinski definition) is 3. The first-order chi connectivity index (χ1) is 10.2. The average molecular weight is 342 g/mol. The molecule has 0 N–H and O–H groups in total. The highest BCUT2D eigenvalue weighted by atomic mass is 79.9. The number of nitrogens with zero attached hydrogens (tertiary/aromatic N) is 1. The van der Waals surface area contributed by atoms with Gasteiger partial charge in [0.1, 0.15) is 5.75 Å². The van der Waals surface area contributed by atoms with Crippen molar-refractivity contribution < 1.29 is 9.53 Å². The summed E-state index contributed by atoms with van der Waals surface area (Å²) in [4.78, 5) is 14.9. The van der Waals surface area contributed by atoms with E-state index >= 15 is 0 Å². The Morgan fingerprint density at radius 3 is 2.62 bits per heavy atom. The summed E-state index contributed by atoms with van der Waals surface area (Å²) in [5, 5.41) is 2.23. The molecular weight excluding hydrogens is 330 g/mol. The molecule has 0 unspecified atom stereocenters. The lowest BCUT2D eigenvalue weighted by Crippen LogP contribution is -1.93. The molecule has 3 aromatic rings. The lowest BCUT2D eigenvalue weighted by Gasteiger charge is -2.09. The van der Waals surface area contributed by atoms with E-state index in [-0.39, 0.29) is 0 Å². The molecule has 3 rings (SSSR count). The van der Waals surface area contributed by atoms with Crippen molar-refractivity contribution in [3.8, 4) is 11.6 Å². The number of halogens is 1. The van der Waals surface area contributed by atoms with Gasteiger partial charge in [-0.1, -0.05) is 28.1 Å². The monoisotopic (exact) mass is 341 g/mol. The molecule has 1 aromatic heterocycles. The van der Waals surface area contributed by atoms with Crippen LogP contribution in [0.3, 0.4) is 0 Å². The molecule has 0 atom stereocenters. The Balaban J connectivity index is 1.94. The fraction of sp³-hybridized carbons (Fsp3) is 0.0588. The lowest BCUT2D eigenvalue weighted by atomic mass is 10.1. The number of benzene rings is 2. The Hall–Kier alpha value is -2.20. The standard InChI is InChI=1S/C17H12BrNO2/c1-11-6-12(10-20)9-19-17(11)21-16-5-3-13-7-15(18)4-2-14(13)8-16/h2-10H,1H3. The van der Waals surface area contributed by atoms with Crippen LogP contribution in [0.25, 0.3) is 10.8 Å². The van der Waals surface area contributed by atoms with Crippen LogP contribution in [0, 0.1) is 6.92 Å². The van der Waals surface area contributed by atoms with E-state index in [9.17, 15) is 4.79 Å².